The van der Waals surface area contributed by atoms with Gasteiger partial charge in [-0.05, 0) is 33.4 Å². The predicted molar refractivity (Wildman–Crippen MR) is 53.4 cm³/mol. The molecule has 0 saturated carbocycles. The monoisotopic (exact) mass is 211 g/mol. The molecule has 0 amide bonds. The molecule has 1 N–H and O–H groups in total. The Balaban J connectivity index is 0. The lowest BCUT2D eigenvalue weighted by atomic mass is 10.3. The number of halogens is 1. The van der Waals surface area contributed by atoms with Crippen molar-refractivity contribution in [2.24, 2.45) is 0 Å². The minimum absolute atomic E-state index is 0. The molecular formula is C8H18ClNO3. The van der Waals surface area contributed by atoms with Crippen LogP contribution in [0.25, 0.3) is 0 Å². The molecule has 13 heavy (non-hydrogen) atoms. The third-order valence-corrected chi connectivity index (χ3v) is 1.30. The summed E-state index contributed by atoms with van der Waals surface area (Å²) in [7, 11) is 1.90. The molecule has 0 aromatic carbocycles. The van der Waals surface area contributed by atoms with Gasteiger partial charge in [-0.2, -0.15) is 0 Å². The van der Waals surface area contributed by atoms with Gasteiger partial charge in [0.25, 0.3) is 0 Å². The van der Waals surface area contributed by atoms with Crippen LogP contribution in [0.5, 0.6) is 0 Å². The van der Waals surface area contributed by atoms with E-state index in [1.165, 1.54) is 0 Å². The van der Waals surface area contributed by atoms with Gasteiger partial charge in [-0.15, -0.1) is 12.4 Å². The van der Waals surface area contributed by atoms with Crippen LogP contribution in [0, 0.1) is 0 Å². The van der Waals surface area contributed by atoms with Gasteiger partial charge in [0.2, 0.25) is 0 Å². The molecule has 80 valence electrons. The number of carbonyl (C=O) groups excluding carboxylic acids is 1. The van der Waals surface area contributed by atoms with Crippen LogP contribution >= 0.6 is 12.4 Å². The van der Waals surface area contributed by atoms with Crippen LogP contribution in [0.3, 0.4) is 0 Å². The van der Waals surface area contributed by atoms with Gasteiger partial charge in [-0.3, -0.25) is 0 Å². The third-order valence-electron chi connectivity index (χ3n) is 1.30. The zero-order valence-electron chi connectivity index (χ0n) is 8.17. The number of ether oxygens (including phenoxy) is 2. The van der Waals surface area contributed by atoms with Crippen molar-refractivity contribution >= 4 is 18.6 Å². The van der Waals surface area contributed by atoms with Crippen molar-refractivity contribution in [3.05, 3.63) is 0 Å². The number of hydrogen-bond donors (Lipinski definition) is 1. The van der Waals surface area contributed by atoms with Gasteiger partial charge in [-0.1, -0.05) is 0 Å². The molecule has 0 unspecified atom stereocenters. The van der Waals surface area contributed by atoms with E-state index in [0.29, 0.717) is 13.2 Å². The Hall–Kier alpha value is -0.480. The molecule has 4 nitrogen and oxygen atoms in total. The third kappa shape index (κ3) is 11.5. The van der Waals surface area contributed by atoms with E-state index in [1.54, 1.807) is 6.92 Å². The first-order chi connectivity index (χ1) is 5.81. The van der Waals surface area contributed by atoms with E-state index in [9.17, 15) is 4.79 Å². The second-order valence-electron chi connectivity index (χ2n) is 2.34. The lowest BCUT2D eigenvalue weighted by Gasteiger charge is -2.03. The fraction of sp³-hybridized carbons (Fsp3) is 0.875. The zero-order valence-corrected chi connectivity index (χ0v) is 8.99. The van der Waals surface area contributed by atoms with Crippen LogP contribution in [0.1, 0.15) is 19.8 Å². The van der Waals surface area contributed by atoms with E-state index in [0.717, 1.165) is 19.4 Å². The van der Waals surface area contributed by atoms with E-state index in [2.05, 4.69) is 10.1 Å². The molecule has 0 heterocycles. The van der Waals surface area contributed by atoms with Gasteiger partial charge < -0.3 is 14.8 Å². The SMILES string of the molecule is CCOC(=O)OCCCCNC.Cl. The van der Waals surface area contributed by atoms with Crippen molar-refractivity contribution in [1.29, 1.82) is 0 Å². The Labute approximate surface area is 85.4 Å². The van der Waals surface area contributed by atoms with Gasteiger partial charge in [-0.25, -0.2) is 4.79 Å². The molecule has 0 atom stereocenters. The first-order valence-electron chi connectivity index (χ1n) is 4.25. The highest BCUT2D eigenvalue weighted by molar-refractivity contribution is 5.85. The summed E-state index contributed by atoms with van der Waals surface area (Å²) in [4.78, 5) is 10.6. The largest absolute Gasteiger partial charge is 0.508 e. The zero-order chi connectivity index (χ0) is 9.23. The summed E-state index contributed by atoms with van der Waals surface area (Å²) in [6, 6.07) is 0. The minimum atomic E-state index is -0.568. The molecule has 5 heteroatoms. The number of hydrogen-bond acceptors (Lipinski definition) is 4. The molecular weight excluding hydrogens is 194 g/mol. The van der Waals surface area contributed by atoms with Crippen molar-refractivity contribution in [2.45, 2.75) is 19.8 Å². The smallest absolute Gasteiger partial charge is 0.435 e. The minimum Gasteiger partial charge on any atom is -0.435 e. The number of carbonyl (C=O) groups is 1. The molecule has 0 aromatic rings. The van der Waals surface area contributed by atoms with Crippen LogP contribution in [0.4, 0.5) is 4.79 Å². The summed E-state index contributed by atoms with van der Waals surface area (Å²) in [6.45, 7) is 3.52. The molecule has 0 aliphatic heterocycles. The predicted octanol–water partition coefficient (Wildman–Crippen LogP) is 1.58. The van der Waals surface area contributed by atoms with Crippen LogP contribution in [0.2, 0.25) is 0 Å². The van der Waals surface area contributed by atoms with Crippen LogP contribution < -0.4 is 5.32 Å². The van der Waals surface area contributed by atoms with Crippen LogP contribution in [-0.2, 0) is 9.47 Å². The molecule has 0 aliphatic rings. The summed E-state index contributed by atoms with van der Waals surface area (Å²) >= 11 is 0. The first-order valence-corrected chi connectivity index (χ1v) is 4.25. The molecule has 0 fully saturated rings. The van der Waals surface area contributed by atoms with Gasteiger partial charge in [0, 0.05) is 0 Å². The Morgan fingerprint density at radius 1 is 1.31 bits per heavy atom. The first kappa shape index (κ1) is 15.0. The molecule has 0 bridgehead atoms. The number of unbranched alkanes of at least 4 members (excludes halogenated alkanes) is 1. The average Bonchev–Trinajstić information content (AvgIpc) is 2.05. The lowest BCUT2D eigenvalue weighted by molar-refractivity contribution is 0.0580. The summed E-state index contributed by atoms with van der Waals surface area (Å²) in [5.41, 5.74) is 0. The molecule has 0 aliphatic carbocycles. The summed E-state index contributed by atoms with van der Waals surface area (Å²) in [5.74, 6) is 0. The maximum atomic E-state index is 10.6. The van der Waals surface area contributed by atoms with E-state index in [1.807, 2.05) is 7.05 Å². The van der Waals surface area contributed by atoms with Crippen LogP contribution in [0.15, 0.2) is 0 Å². The number of nitrogens with one attached hydrogen (secondary N) is 1. The average molecular weight is 212 g/mol. The summed E-state index contributed by atoms with van der Waals surface area (Å²) < 4.78 is 9.31. The molecule has 0 rings (SSSR count). The molecule has 0 aromatic heterocycles. The second-order valence-corrected chi connectivity index (χ2v) is 2.34. The van der Waals surface area contributed by atoms with Gasteiger partial charge in [0.1, 0.15) is 0 Å². The maximum absolute atomic E-state index is 10.6. The van der Waals surface area contributed by atoms with Crippen molar-refractivity contribution < 1.29 is 14.3 Å². The Kier molecular flexibility index (Phi) is 13.3. The topological polar surface area (TPSA) is 47.6 Å². The molecule has 0 spiro atoms. The van der Waals surface area contributed by atoms with E-state index >= 15 is 0 Å². The molecule has 0 saturated heterocycles. The second kappa shape index (κ2) is 11.5. The Morgan fingerprint density at radius 3 is 2.54 bits per heavy atom. The van der Waals surface area contributed by atoms with E-state index < -0.39 is 6.16 Å². The lowest BCUT2D eigenvalue weighted by Crippen LogP contribution is -2.11. The fourth-order valence-electron chi connectivity index (χ4n) is 0.719. The normalized spacial score (nSPS) is 8.77. The van der Waals surface area contributed by atoms with Crippen LogP contribution in [-0.4, -0.2) is 33.0 Å². The van der Waals surface area contributed by atoms with Gasteiger partial charge >= 0.3 is 6.16 Å². The Morgan fingerprint density at radius 2 is 2.00 bits per heavy atom. The highest BCUT2D eigenvalue weighted by Gasteiger charge is 1.99. The summed E-state index contributed by atoms with van der Waals surface area (Å²) in [5, 5.41) is 3.01. The van der Waals surface area contributed by atoms with E-state index in [-0.39, 0.29) is 12.4 Å². The highest BCUT2D eigenvalue weighted by Crippen LogP contribution is 1.91. The number of rotatable bonds is 6. The standard InChI is InChI=1S/C8H17NO3.ClH/c1-3-11-8(10)12-7-5-4-6-9-2;/h9H,3-7H2,1-2H3;1H. The maximum Gasteiger partial charge on any atom is 0.508 e. The Bertz CT molecular complexity index is 122. The molecule has 0 radical (unpaired) electrons. The highest BCUT2D eigenvalue weighted by atomic mass is 35.5. The fourth-order valence-corrected chi connectivity index (χ4v) is 0.719. The van der Waals surface area contributed by atoms with Crippen molar-refractivity contribution in [2.75, 3.05) is 26.8 Å². The van der Waals surface area contributed by atoms with E-state index in [4.69, 9.17) is 4.74 Å². The van der Waals surface area contributed by atoms with Crippen molar-refractivity contribution in [3.63, 3.8) is 0 Å². The van der Waals surface area contributed by atoms with Crippen molar-refractivity contribution in [3.8, 4) is 0 Å². The quantitative estimate of drug-likeness (QED) is 0.535. The van der Waals surface area contributed by atoms with Gasteiger partial charge in [0.15, 0.2) is 0 Å². The van der Waals surface area contributed by atoms with Crippen molar-refractivity contribution in [1.82, 2.24) is 5.32 Å². The summed E-state index contributed by atoms with van der Waals surface area (Å²) in [6.07, 6.45) is 1.32. The van der Waals surface area contributed by atoms with Gasteiger partial charge in [0.05, 0.1) is 13.2 Å².